The van der Waals surface area contributed by atoms with Crippen molar-refractivity contribution in [2.24, 2.45) is 0 Å². The first kappa shape index (κ1) is 18.7. The smallest absolute Gasteiger partial charge is 0.153 e. The van der Waals surface area contributed by atoms with Crippen LogP contribution in [0.1, 0.15) is 16.1 Å². The molecule has 0 N–H and O–H groups in total. The molecule has 2 aliphatic rings. The number of piperazine rings is 1. The molecule has 1 aromatic heterocycles. The summed E-state index contributed by atoms with van der Waals surface area (Å²) in [6.45, 7) is 4.57. The number of thiazole rings is 1. The number of carbonyl (C=O) groups excluding carboxylic acids is 1. The summed E-state index contributed by atoms with van der Waals surface area (Å²) in [5.74, 6) is 0.264. The number of likely N-dealkylation sites (N-methyl/N-ethyl adjacent to an activating group) is 1. The van der Waals surface area contributed by atoms with Crippen LogP contribution in [0.15, 0.2) is 47.8 Å². The minimum Gasteiger partial charge on any atom is -0.304 e. The second-order valence-electron chi connectivity index (χ2n) is 8.13. The standard InChI is InChI=1S/C24H25N3OS/c1-26-8-10-27(11-9-26)15-20(28)14-24-25-23(16-29-24)18-6-7-22-19(13-18)12-17-4-2-3-5-21(17)22/h2-7,13,16H,8-12,14-15H2,1H3. The number of carbonyl (C=O) groups is 1. The molecule has 0 saturated carbocycles. The minimum atomic E-state index is 0.264. The summed E-state index contributed by atoms with van der Waals surface area (Å²) in [4.78, 5) is 21.8. The van der Waals surface area contributed by atoms with Gasteiger partial charge in [-0.2, -0.15) is 0 Å². The Balaban J connectivity index is 1.26. The maximum absolute atomic E-state index is 12.5. The summed E-state index contributed by atoms with van der Waals surface area (Å²) >= 11 is 1.60. The fourth-order valence-corrected chi connectivity index (χ4v) is 5.14. The molecule has 0 amide bonds. The topological polar surface area (TPSA) is 36.4 Å². The quantitative estimate of drug-likeness (QED) is 0.509. The van der Waals surface area contributed by atoms with E-state index in [9.17, 15) is 4.79 Å². The summed E-state index contributed by atoms with van der Waals surface area (Å²) in [5.41, 5.74) is 7.57. The number of fused-ring (bicyclic) bond motifs is 3. The van der Waals surface area contributed by atoms with Gasteiger partial charge in [-0.05, 0) is 41.8 Å². The zero-order valence-electron chi connectivity index (χ0n) is 16.7. The highest BCUT2D eigenvalue weighted by Crippen LogP contribution is 2.38. The zero-order chi connectivity index (χ0) is 19.8. The number of benzene rings is 2. The van der Waals surface area contributed by atoms with Crippen molar-refractivity contribution in [1.82, 2.24) is 14.8 Å². The number of rotatable bonds is 5. The van der Waals surface area contributed by atoms with Crippen molar-refractivity contribution < 1.29 is 4.79 Å². The van der Waals surface area contributed by atoms with E-state index in [4.69, 9.17) is 4.98 Å². The summed E-state index contributed by atoms with van der Waals surface area (Å²) in [6.07, 6.45) is 1.42. The summed E-state index contributed by atoms with van der Waals surface area (Å²) < 4.78 is 0. The molecule has 1 saturated heterocycles. The van der Waals surface area contributed by atoms with Gasteiger partial charge in [-0.25, -0.2) is 4.98 Å². The van der Waals surface area contributed by atoms with Crippen LogP contribution in [-0.2, 0) is 17.6 Å². The molecule has 148 valence electrons. The third-order valence-electron chi connectivity index (χ3n) is 5.99. The van der Waals surface area contributed by atoms with Gasteiger partial charge in [-0.3, -0.25) is 9.69 Å². The van der Waals surface area contributed by atoms with Crippen molar-refractivity contribution >= 4 is 17.1 Å². The highest BCUT2D eigenvalue weighted by Gasteiger charge is 2.20. The van der Waals surface area contributed by atoms with Gasteiger partial charge < -0.3 is 4.90 Å². The van der Waals surface area contributed by atoms with E-state index in [2.05, 4.69) is 64.7 Å². The molecular formula is C24H25N3OS. The number of Topliss-reactive ketones (excluding diaryl/α,β-unsaturated/α-hetero) is 1. The molecule has 0 spiro atoms. The predicted molar refractivity (Wildman–Crippen MR) is 118 cm³/mol. The third kappa shape index (κ3) is 3.90. The van der Waals surface area contributed by atoms with Crippen LogP contribution in [0, 0.1) is 0 Å². The molecule has 29 heavy (non-hydrogen) atoms. The monoisotopic (exact) mass is 403 g/mol. The summed E-state index contributed by atoms with van der Waals surface area (Å²) in [7, 11) is 2.13. The molecule has 0 atom stereocenters. The molecule has 1 aliphatic carbocycles. The van der Waals surface area contributed by atoms with Crippen molar-refractivity contribution in [1.29, 1.82) is 0 Å². The Morgan fingerprint density at radius 3 is 2.69 bits per heavy atom. The van der Waals surface area contributed by atoms with Gasteiger partial charge in [0.15, 0.2) is 5.78 Å². The highest BCUT2D eigenvalue weighted by atomic mass is 32.1. The van der Waals surface area contributed by atoms with Gasteiger partial charge in [0.05, 0.1) is 18.7 Å². The number of hydrogen-bond donors (Lipinski definition) is 0. The molecule has 1 fully saturated rings. The normalized spacial score (nSPS) is 16.6. The average molecular weight is 404 g/mol. The number of aromatic nitrogens is 1. The van der Waals surface area contributed by atoms with Crippen LogP contribution in [0.2, 0.25) is 0 Å². The van der Waals surface area contributed by atoms with E-state index in [0.29, 0.717) is 13.0 Å². The van der Waals surface area contributed by atoms with Crippen LogP contribution in [0.5, 0.6) is 0 Å². The SMILES string of the molecule is CN1CCN(CC(=O)Cc2nc(-c3ccc4c(c3)Cc3ccccc3-4)cs2)CC1. The number of nitrogens with zero attached hydrogens (tertiary/aromatic N) is 3. The van der Waals surface area contributed by atoms with Crippen LogP contribution in [0.25, 0.3) is 22.4 Å². The maximum Gasteiger partial charge on any atom is 0.153 e. The lowest BCUT2D eigenvalue weighted by molar-refractivity contribution is -0.119. The van der Waals surface area contributed by atoms with Gasteiger partial charge in [0.25, 0.3) is 0 Å². The van der Waals surface area contributed by atoms with Crippen molar-refractivity contribution in [2.45, 2.75) is 12.8 Å². The van der Waals surface area contributed by atoms with Crippen LogP contribution in [0.3, 0.4) is 0 Å². The first-order valence-corrected chi connectivity index (χ1v) is 11.1. The Morgan fingerprint density at radius 1 is 1.03 bits per heavy atom. The van der Waals surface area contributed by atoms with Crippen molar-refractivity contribution in [3.8, 4) is 22.4 Å². The van der Waals surface area contributed by atoms with Crippen molar-refractivity contribution in [3.63, 3.8) is 0 Å². The zero-order valence-corrected chi connectivity index (χ0v) is 17.5. The Labute approximate surface area is 175 Å². The highest BCUT2D eigenvalue weighted by molar-refractivity contribution is 7.10. The van der Waals surface area contributed by atoms with Gasteiger partial charge in [-0.1, -0.05) is 36.4 Å². The average Bonchev–Trinajstić information content (AvgIpc) is 3.33. The summed E-state index contributed by atoms with van der Waals surface area (Å²) in [6, 6.07) is 15.3. The van der Waals surface area contributed by atoms with E-state index in [1.54, 1.807) is 11.3 Å². The first-order chi connectivity index (χ1) is 14.2. The predicted octanol–water partition coefficient (Wildman–Crippen LogP) is 3.74. The number of ketones is 1. The van der Waals surface area contributed by atoms with Crippen molar-refractivity contribution in [2.75, 3.05) is 39.8 Å². The van der Waals surface area contributed by atoms with E-state index < -0.39 is 0 Å². The Hall–Kier alpha value is -2.34. The first-order valence-electron chi connectivity index (χ1n) is 10.2. The van der Waals surface area contributed by atoms with E-state index in [1.165, 1.54) is 22.3 Å². The third-order valence-corrected chi connectivity index (χ3v) is 6.83. The van der Waals surface area contributed by atoms with Crippen LogP contribution in [0.4, 0.5) is 0 Å². The maximum atomic E-state index is 12.5. The minimum absolute atomic E-state index is 0.264. The molecule has 1 aliphatic heterocycles. The fraction of sp³-hybridized carbons (Fsp3) is 0.333. The van der Waals surface area contributed by atoms with E-state index >= 15 is 0 Å². The molecule has 0 radical (unpaired) electrons. The molecule has 2 heterocycles. The molecule has 0 bridgehead atoms. The van der Waals surface area contributed by atoms with Gasteiger partial charge >= 0.3 is 0 Å². The Bertz CT molecular complexity index is 1050. The molecule has 3 aromatic rings. The molecule has 5 heteroatoms. The van der Waals surface area contributed by atoms with Crippen LogP contribution in [-0.4, -0.2) is 60.3 Å². The Morgan fingerprint density at radius 2 is 1.83 bits per heavy atom. The summed E-state index contributed by atoms with van der Waals surface area (Å²) in [5, 5.41) is 3.00. The van der Waals surface area contributed by atoms with Gasteiger partial charge in [-0.15, -0.1) is 11.3 Å². The van der Waals surface area contributed by atoms with E-state index in [0.717, 1.165) is 48.9 Å². The van der Waals surface area contributed by atoms with E-state index in [1.807, 2.05) is 0 Å². The Kier molecular flexibility index (Phi) is 5.04. The lowest BCUT2D eigenvalue weighted by Crippen LogP contribution is -2.46. The van der Waals surface area contributed by atoms with Crippen LogP contribution < -0.4 is 0 Å². The molecular weight excluding hydrogens is 378 g/mol. The van der Waals surface area contributed by atoms with Gasteiger partial charge in [0.2, 0.25) is 0 Å². The van der Waals surface area contributed by atoms with Crippen molar-refractivity contribution in [3.05, 3.63) is 64.0 Å². The molecule has 0 unspecified atom stereocenters. The lowest BCUT2D eigenvalue weighted by atomic mass is 10.0. The number of hydrogen-bond acceptors (Lipinski definition) is 5. The second kappa shape index (κ2) is 7.82. The molecule has 4 nitrogen and oxygen atoms in total. The molecule has 2 aromatic carbocycles. The second-order valence-corrected chi connectivity index (χ2v) is 9.07. The van der Waals surface area contributed by atoms with Gasteiger partial charge in [0, 0.05) is 37.1 Å². The van der Waals surface area contributed by atoms with E-state index in [-0.39, 0.29) is 5.78 Å². The largest absolute Gasteiger partial charge is 0.304 e. The van der Waals surface area contributed by atoms with Gasteiger partial charge in [0.1, 0.15) is 5.01 Å². The fourth-order valence-electron chi connectivity index (χ4n) is 4.31. The lowest BCUT2D eigenvalue weighted by Gasteiger charge is -2.31. The molecule has 5 rings (SSSR count). The van der Waals surface area contributed by atoms with Crippen LogP contribution >= 0.6 is 11.3 Å².